The lowest BCUT2D eigenvalue weighted by Gasteiger charge is -2.20. The number of nitrogens with one attached hydrogen (secondary N) is 1. The van der Waals surface area contributed by atoms with Gasteiger partial charge in [0, 0.05) is 13.0 Å². The van der Waals surface area contributed by atoms with Crippen LogP contribution in [0, 0.1) is 0 Å². The first-order valence-corrected chi connectivity index (χ1v) is 6.59. The zero-order valence-corrected chi connectivity index (χ0v) is 10.4. The minimum absolute atomic E-state index is 0.0215. The van der Waals surface area contributed by atoms with Crippen molar-refractivity contribution in [3.63, 3.8) is 0 Å². The number of ether oxygens (including phenoxy) is 1. The van der Waals surface area contributed by atoms with Gasteiger partial charge in [-0.05, 0) is 6.92 Å². The van der Waals surface area contributed by atoms with Crippen LogP contribution in [-0.4, -0.2) is 60.3 Å². The Morgan fingerprint density at radius 1 is 1.50 bits per heavy atom. The van der Waals surface area contributed by atoms with E-state index in [1.54, 1.807) is 4.72 Å². The van der Waals surface area contributed by atoms with Crippen LogP contribution in [0.2, 0.25) is 0 Å². The van der Waals surface area contributed by atoms with E-state index in [0.29, 0.717) is 4.31 Å². The van der Waals surface area contributed by atoms with Gasteiger partial charge in [-0.25, -0.2) is 9.52 Å². The molecule has 2 atom stereocenters. The molecule has 3 N–H and O–H groups in total. The molecule has 1 aliphatic heterocycles. The maximum absolute atomic E-state index is 11.7. The number of hydrogen-bond donors (Lipinski definition) is 3. The molecule has 9 nitrogen and oxygen atoms in total. The van der Waals surface area contributed by atoms with Crippen molar-refractivity contribution in [3.05, 3.63) is 0 Å². The molecule has 0 aromatic carbocycles. The Kier molecular flexibility index (Phi) is 4.48. The summed E-state index contributed by atoms with van der Waals surface area (Å²) in [6.07, 6.45) is -2.49. The highest BCUT2D eigenvalue weighted by Gasteiger charge is 2.43. The lowest BCUT2D eigenvalue weighted by atomic mass is 10.2. The molecule has 0 saturated carbocycles. The normalized spacial score (nSPS) is 24.8. The number of rotatable bonds is 4. The fraction of sp³-hybridized carbons (Fsp3) is 0.750. The van der Waals surface area contributed by atoms with Gasteiger partial charge >= 0.3 is 22.3 Å². The van der Waals surface area contributed by atoms with Gasteiger partial charge in [-0.15, -0.1) is 0 Å². The largest absolute Gasteiger partial charge is 0.480 e. The number of amides is 1. The Morgan fingerprint density at radius 2 is 2.11 bits per heavy atom. The van der Waals surface area contributed by atoms with Crippen molar-refractivity contribution in [1.29, 1.82) is 0 Å². The maximum atomic E-state index is 11.7. The number of aliphatic hydroxyl groups excluding tert-OH is 1. The Bertz CT molecular complexity index is 435. The van der Waals surface area contributed by atoms with Gasteiger partial charge in [0.05, 0.1) is 12.7 Å². The molecule has 1 fully saturated rings. The molecule has 18 heavy (non-hydrogen) atoms. The molecule has 0 aliphatic carbocycles. The molecule has 0 spiro atoms. The van der Waals surface area contributed by atoms with E-state index in [9.17, 15) is 23.1 Å². The summed E-state index contributed by atoms with van der Waals surface area (Å²) >= 11 is 0. The molecular weight excluding hydrogens is 268 g/mol. The van der Waals surface area contributed by atoms with E-state index >= 15 is 0 Å². The smallest absolute Gasteiger partial charge is 0.421 e. The fourth-order valence-corrected chi connectivity index (χ4v) is 2.87. The number of β-amino-alcohol motifs (C(OH)–C–C–N with tert-alkyl or cyclic N) is 1. The van der Waals surface area contributed by atoms with Crippen LogP contribution in [-0.2, 0) is 19.7 Å². The summed E-state index contributed by atoms with van der Waals surface area (Å²) in [5.41, 5.74) is 0. The van der Waals surface area contributed by atoms with Gasteiger partial charge in [0.1, 0.15) is 6.04 Å². The number of carboxylic acids is 1. The van der Waals surface area contributed by atoms with Crippen molar-refractivity contribution in [2.24, 2.45) is 0 Å². The summed E-state index contributed by atoms with van der Waals surface area (Å²) in [4.78, 5) is 21.9. The van der Waals surface area contributed by atoms with Crippen molar-refractivity contribution in [2.75, 3.05) is 13.2 Å². The van der Waals surface area contributed by atoms with E-state index < -0.39 is 34.4 Å². The van der Waals surface area contributed by atoms with Crippen LogP contribution in [0.4, 0.5) is 4.79 Å². The molecule has 1 rings (SSSR count). The predicted octanol–water partition coefficient (Wildman–Crippen LogP) is -1.50. The molecule has 1 heterocycles. The van der Waals surface area contributed by atoms with E-state index in [4.69, 9.17) is 5.11 Å². The molecular formula is C8H14N2O7S. The molecule has 0 bridgehead atoms. The first kappa shape index (κ1) is 14.7. The molecule has 1 aliphatic rings. The van der Waals surface area contributed by atoms with E-state index in [0.717, 1.165) is 0 Å². The Labute approximate surface area is 104 Å². The maximum Gasteiger partial charge on any atom is 0.421 e. The van der Waals surface area contributed by atoms with Gasteiger partial charge in [0.2, 0.25) is 0 Å². The highest BCUT2D eigenvalue weighted by Crippen LogP contribution is 2.20. The fourth-order valence-electron chi connectivity index (χ4n) is 1.60. The molecule has 104 valence electrons. The highest BCUT2D eigenvalue weighted by atomic mass is 32.2. The second-order valence-electron chi connectivity index (χ2n) is 3.64. The quantitative estimate of drug-likeness (QED) is 0.571. The monoisotopic (exact) mass is 282 g/mol. The van der Waals surface area contributed by atoms with E-state index in [-0.39, 0.29) is 19.6 Å². The number of hydrogen-bond acceptors (Lipinski definition) is 6. The Balaban J connectivity index is 2.83. The van der Waals surface area contributed by atoms with Crippen molar-refractivity contribution in [3.8, 4) is 0 Å². The summed E-state index contributed by atoms with van der Waals surface area (Å²) in [7, 11) is -4.34. The summed E-state index contributed by atoms with van der Waals surface area (Å²) < 4.78 is 29.9. The summed E-state index contributed by atoms with van der Waals surface area (Å²) in [6.45, 7) is 1.09. The molecule has 1 amide bonds. The predicted molar refractivity (Wildman–Crippen MR) is 57.8 cm³/mol. The third kappa shape index (κ3) is 3.31. The summed E-state index contributed by atoms with van der Waals surface area (Å²) in [5, 5.41) is 18.1. The zero-order chi connectivity index (χ0) is 13.9. The standard InChI is InChI=1S/C8H14N2O7S/c1-2-17-8(14)9-18(15,16)10-4-5(11)3-6(10)7(12)13/h5-6,11H,2-4H2,1H3,(H,9,14)(H,12,13)/t5?,6-/m0/s1. The molecule has 10 heteroatoms. The van der Waals surface area contributed by atoms with Crippen molar-refractivity contribution in [1.82, 2.24) is 9.03 Å². The molecule has 0 aromatic heterocycles. The summed E-state index contributed by atoms with van der Waals surface area (Å²) in [5.74, 6) is -1.39. The number of carbonyl (C=O) groups is 2. The van der Waals surface area contributed by atoms with E-state index in [1.165, 1.54) is 6.92 Å². The van der Waals surface area contributed by atoms with Gasteiger partial charge < -0.3 is 14.9 Å². The van der Waals surface area contributed by atoms with Crippen molar-refractivity contribution in [2.45, 2.75) is 25.5 Å². The van der Waals surface area contributed by atoms with Crippen LogP contribution in [0.15, 0.2) is 0 Å². The number of carbonyl (C=O) groups excluding carboxylic acids is 1. The number of aliphatic carboxylic acids is 1. The minimum atomic E-state index is -4.34. The number of carboxylic acid groups (broad SMARTS) is 1. The average molecular weight is 282 g/mol. The van der Waals surface area contributed by atoms with Gasteiger partial charge in [-0.1, -0.05) is 0 Å². The SMILES string of the molecule is CCOC(=O)NS(=O)(=O)N1CC(O)C[C@H]1C(=O)O. The Hall–Kier alpha value is -1.39. The minimum Gasteiger partial charge on any atom is -0.480 e. The average Bonchev–Trinajstić information content (AvgIpc) is 2.60. The van der Waals surface area contributed by atoms with Crippen LogP contribution in [0.1, 0.15) is 13.3 Å². The molecule has 1 unspecified atom stereocenters. The summed E-state index contributed by atoms with van der Waals surface area (Å²) in [6, 6.07) is -1.40. The van der Waals surface area contributed by atoms with Crippen molar-refractivity contribution < 1.29 is 33.0 Å². The van der Waals surface area contributed by atoms with Crippen LogP contribution >= 0.6 is 0 Å². The lowest BCUT2D eigenvalue weighted by Crippen LogP contribution is -2.48. The van der Waals surface area contributed by atoms with Gasteiger partial charge in [-0.3, -0.25) is 4.79 Å². The van der Waals surface area contributed by atoms with Crippen LogP contribution in [0.5, 0.6) is 0 Å². The topological polar surface area (TPSA) is 133 Å². The van der Waals surface area contributed by atoms with E-state index in [2.05, 4.69) is 4.74 Å². The first-order valence-electron chi connectivity index (χ1n) is 5.15. The number of nitrogens with zero attached hydrogens (tertiary/aromatic N) is 1. The van der Waals surface area contributed by atoms with Crippen LogP contribution in [0.25, 0.3) is 0 Å². The lowest BCUT2D eigenvalue weighted by molar-refractivity contribution is -0.140. The van der Waals surface area contributed by atoms with Gasteiger partial charge in [0.15, 0.2) is 0 Å². The van der Waals surface area contributed by atoms with Gasteiger partial charge in [-0.2, -0.15) is 12.7 Å². The Morgan fingerprint density at radius 3 is 2.61 bits per heavy atom. The molecule has 0 aromatic rings. The van der Waals surface area contributed by atoms with Crippen LogP contribution < -0.4 is 4.72 Å². The molecule has 0 radical (unpaired) electrons. The van der Waals surface area contributed by atoms with E-state index in [1.807, 2.05) is 0 Å². The number of aliphatic hydroxyl groups is 1. The zero-order valence-electron chi connectivity index (χ0n) is 9.57. The van der Waals surface area contributed by atoms with Crippen LogP contribution in [0.3, 0.4) is 0 Å². The second kappa shape index (κ2) is 5.50. The first-order chi connectivity index (χ1) is 8.27. The highest BCUT2D eigenvalue weighted by molar-refractivity contribution is 7.87. The molecule has 1 saturated heterocycles. The van der Waals surface area contributed by atoms with Crippen molar-refractivity contribution >= 4 is 22.3 Å². The third-order valence-corrected chi connectivity index (χ3v) is 3.76. The third-order valence-electron chi connectivity index (χ3n) is 2.32. The van der Waals surface area contributed by atoms with Gasteiger partial charge in [0.25, 0.3) is 0 Å². The second-order valence-corrected chi connectivity index (χ2v) is 5.26.